The van der Waals surface area contributed by atoms with E-state index < -0.39 is 0 Å². The molecule has 0 radical (unpaired) electrons. The van der Waals surface area contributed by atoms with Crippen LogP contribution in [-0.2, 0) is 9.47 Å². The van der Waals surface area contributed by atoms with Crippen molar-refractivity contribution in [2.45, 2.75) is 6.10 Å². The van der Waals surface area contributed by atoms with Crippen LogP contribution in [0.5, 0.6) is 0 Å². The molecule has 0 aromatic rings. The molecule has 8 heavy (non-hydrogen) atoms. The van der Waals surface area contributed by atoms with Crippen LogP contribution < -0.4 is 0 Å². The minimum Gasteiger partial charge on any atom is -0.352 e. The van der Waals surface area contributed by atoms with Crippen LogP contribution in [-0.4, -0.2) is 19.5 Å². The molecule has 2 nitrogen and oxygen atoms in total. The minimum absolute atomic E-state index is 0.161. The van der Waals surface area contributed by atoms with E-state index in [9.17, 15) is 0 Å². The molecule has 0 aromatic heterocycles. The summed E-state index contributed by atoms with van der Waals surface area (Å²) in [5.41, 5.74) is 0. The van der Waals surface area contributed by atoms with E-state index in [1.807, 2.05) is 6.08 Å². The summed E-state index contributed by atoms with van der Waals surface area (Å²) in [6.45, 7) is 1.12. The van der Waals surface area contributed by atoms with Crippen LogP contribution in [0.25, 0.3) is 0 Å². The van der Waals surface area contributed by atoms with E-state index in [1.165, 1.54) is 0 Å². The predicted molar refractivity (Wildman–Crippen MR) is 33.8 cm³/mol. The lowest BCUT2D eigenvalue weighted by atomic mass is 10.4. The standard InChI is InChI=1S/C5H7BrO2/c6-2-1-5-3-7-4-8-5/h1-2,5H,3-4H2. The van der Waals surface area contributed by atoms with Gasteiger partial charge in [0, 0.05) is 0 Å². The molecule has 1 fully saturated rings. The molecule has 0 saturated carbocycles. The van der Waals surface area contributed by atoms with Crippen molar-refractivity contribution in [3.05, 3.63) is 11.1 Å². The molecule has 0 aromatic carbocycles. The largest absolute Gasteiger partial charge is 0.352 e. The quantitative estimate of drug-likeness (QED) is 0.603. The lowest BCUT2D eigenvalue weighted by Gasteiger charge is -1.94. The summed E-state index contributed by atoms with van der Waals surface area (Å²) in [4.78, 5) is 1.78. The number of halogens is 1. The Hall–Kier alpha value is 0.140. The van der Waals surface area contributed by atoms with Gasteiger partial charge in [0.25, 0.3) is 0 Å². The number of ether oxygens (including phenoxy) is 2. The molecule has 1 aliphatic rings. The maximum Gasteiger partial charge on any atom is 0.147 e. The van der Waals surface area contributed by atoms with Gasteiger partial charge in [0.2, 0.25) is 0 Å². The lowest BCUT2D eigenvalue weighted by Crippen LogP contribution is -2.03. The normalized spacial score (nSPS) is 29.9. The summed E-state index contributed by atoms with van der Waals surface area (Å²) in [7, 11) is 0. The lowest BCUT2D eigenvalue weighted by molar-refractivity contribution is 0.0572. The Kier molecular flexibility index (Phi) is 2.52. The Bertz CT molecular complexity index is 86.4. The molecule has 46 valence electrons. The molecule has 0 spiro atoms. The van der Waals surface area contributed by atoms with E-state index in [0.717, 1.165) is 0 Å². The third-order valence-electron chi connectivity index (χ3n) is 0.935. The summed E-state index contributed by atoms with van der Waals surface area (Å²) in [5.74, 6) is 0. The first-order valence-electron chi connectivity index (χ1n) is 2.39. The van der Waals surface area contributed by atoms with Gasteiger partial charge in [-0.25, -0.2) is 0 Å². The number of rotatable bonds is 1. The third-order valence-corrected chi connectivity index (χ3v) is 1.24. The van der Waals surface area contributed by atoms with Crippen molar-refractivity contribution in [2.24, 2.45) is 0 Å². The van der Waals surface area contributed by atoms with Gasteiger partial charge in [0.05, 0.1) is 6.61 Å². The zero-order chi connectivity index (χ0) is 5.82. The summed E-state index contributed by atoms with van der Waals surface area (Å²) in [5, 5.41) is 0. The fourth-order valence-corrected chi connectivity index (χ4v) is 0.881. The van der Waals surface area contributed by atoms with Crippen LogP contribution in [0.2, 0.25) is 0 Å². The second kappa shape index (κ2) is 3.22. The van der Waals surface area contributed by atoms with Gasteiger partial charge in [0.15, 0.2) is 0 Å². The average molecular weight is 179 g/mol. The Labute approximate surface area is 56.6 Å². The van der Waals surface area contributed by atoms with E-state index >= 15 is 0 Å². The first-order valence-corrected chi connectivity index (χ1v) is 3.31. The van der Waals surface area contributed by atoms with Gasteiger partial charge in [-0.05, 0) is 11.1 Å². The third kappa shape index (κ3) is 1.58. The van der Waals surface area contributed by atoms with Gasteiger partial charge >= 0.3 is 0 Å². The van der Waals surface area contributed by atoms with Crippen molar-refractivity contribution >= 4 is 15.9 Å². The Morgan fingerprint density at radius 1 is 1.62 bits per heavy atom. The second-order valence-corrected chi connectivity index (χ2v) is 2.04. The molecular weight excluding hydrogens is 172 g/mol. The van der Waals surface area contributed by atoms with Gasteiger partial charge in [-0.1, -0.05) is 15.9 Å². The van der Waals surface area contributed by atoms with E-state index in [0.29, 0.717) is 13.4 Å². The Morgan fingerprint density at radius 2 is 2.50 bits per heavy atom. The number of hydrogen-bond acceptors (Lipinski definition) is 2. The van der Waals surface area contributed by atoms with Gasteiger partial charge in [-0.15, -0.1) is 0 Å². The van der Waals surface area contributed by atoms with Crippen molar-refractivity contribution in [3.63, 3.8) is 0 Å². The molecule has 0 amide bonds. The monoisotopic (exact) mass is 178 g/mol. The fourth-order valence-electron chi connectivity index (χ4n) is 0.540. The van der Waals surface area contributed by atoms with E-state index in [-0.39, 0.29) is 6.10 Å². The van der Waals surface area contributed by atoms with E-state index in [1.54, 1.807) is 4.99 Å². The van der Waals surface area contributed by atoms with E-state index in [2.05, 4.69) is 15.9 Å². The zero-order valence-corrected chi connectivity index (χ0v) is 5.93. The highest BCUT2D eigenvalue weighted by molar-refractivity contribution is 9.11. The highest BCUT2D eigenvalue weighted by Crippen LogP contribution is 2.04. The first-order chi connectivity index (χ1) is 3.93. The molecule has 0 N–H and O–H groups in total. The molecule has 1 aliphatic heterocycles. The summed E-state index contributed by atoms with van der Waals surface area (Å²) < 4.78 is 9.97. The van der Waals surface area contributed by atoms with E-state index in [4.69, 9.17) is 9.47 Å². The van der Waals surface area contributed by atoms with Crippen molar-refractivity contribution < 1.29 is 9.47 Å². The Balaban J connectivity index is 2.24. The highest BCUT2D eigenvalue weighted by Gasteiger charge is 2.10. The fraction of sp³-hybridized carbons (Fsp3) is 0.600. The van der Waals surface area contributed by atoms with Crippen LogP contribution >= 0.6 is 15.9 Å². The van der Waals surface area contributed by atoms with Crippen LogP contribution in [0.4, 0.5) is 0 Å². The van der Waals surface area contributed by atoms with Gasteiger partial charge in [-0.3, -0.25) is 0 Å². The summed E-state index contributed by atoms with van der Waals surface area (Å²) in [6, 6.07) is 0. The van der Waals surface area contributed by atoms with Crippen LogP contribution in [0.15, 0.2) is 11.1 Å². The highest BCUT2D eigenvalue weighted by atomic mass is 79.9. The van der Waals surface area contributed by atoms with Gasteiger partial charge < -0.3 is 9.47 Å². The van der Waals surface area contributed by atoms with Crippen molar-refractivity contribution in [2.75, 3.05) is 13.4 Å². The molecule has 0 aliphatic carbocycles. The van der Waals surface area contributed by atoms with Crippen molar-refractivity contribution in [3.8, 4) is 0 Å². The topological polar surface area (TPSA) is 18.5 Å². The summed E-state index contributed by atoms with van der Waals surface area (Å²) >= 11 is 3.14. The summed E-state index contributed by atoms with van der Waals surface area (Å²) in [6.07, 6.45) is 2.07. The van der Waals surface area contributed by atoms with Crippen LogP contribution in [0.1, 0.15) is 0 Å². The van der Waals surface area contributed by atoms with Crippen LogP contribution in [0.3, 0.4) is 0 Å². The molecule has 1 unspecified atom stereocenters. The molecular formula is C5H7BrO2. The molecule has 0 bridgehead atoms. The predicted octanol–water partition coefficient (Wildman–Crippen LogP) is 1.27. The molecule has 1 atom stereocenters. The van der Waals surface area contributed by atoms with Crippen LogP contribution in [0, 0.1) is 0 Å². The maximum absolute atomic E-state index is 5.05. The average Bonchev–Trinajstić information content (AvgIpc) is 2.19. The van der Waals surface area contributed by atoms with Gasteiger partial charge in [0.1, 0.15) is 12.9 Å². The molecule has 3 heteroatoms. The first kappa shape index (κ1) is 6.26. The maximum atomic E-state index is 5.05. The van der Waals surface area contributed by atoms with Crippen molar-refractivity contribution in [1.82, 2.24) is 0 Å². The molecule has 1 heterocycles. The zero-order valence-electron chi connectivity index (χ0n) is 4.34. The minimum atomic E-state index is 0.161. The van der Waals surface area contributed by atoms with Crippen molar-refractivity contribution in [1.29, 1.82) is 0 Å². The number of hydrogen-bond donors (Lipinski definition) is 0. The SMILES string of the molecule is BrC=CC1COCO1. The molecule has 1 saturated heterocycles. The smallest absolute Gasteiger partial charge is 0.147 e. The molecule has 1 rings (SSSR count). The second-order valence-electron chi connectivity index (χ2n) is 1.51. The van der Waals surface area contributed by atoms with Gasteiger partial charge in [-0.2, -0.15) is 0 Å². The Morgan fingerprint density at radius 3 is 3.00 bits per heavy atom.